The van der Waals surface area contributed by atoms with Crippen LogP contribution in [0.5, 0.6) is 0 Å². The highest BCUT2D eigenvalue weighted by atomic mass is 19.1. The summed E-state index contributed by atoms with van der Waals surface area (Å²) >= 11 is 0. The van der Waals surface area contributed by atoms with Gasteiger partial charge in [0.05, 0.1) is 22.4 Å². The minimum Gasteiger partial charge on any atom is -0.324 e. The van der Waals surface area contributed by atoms with Crippen molar-refractivity contribution < 1.29 is 23.6 Å². The molecule has 7 nitrogen and oxygen atoms in total. The third-order valence-electron chi connectivity index (χ3n) is 4.35. The Morgan fingerprint density at radius 2 is 1.64 bits per heavy atom. The number of benzene rings is 2. The minimum atomic E-state index is -1.02. The van der Waals surface area contributed by atoms with Crippen LogP contribution in [-0.2, 0) is 4.84 Å². The normalized spacial score (nSPS) is 13.0. The summed E-state index contributed by atoms with van der Waals surface area (Å²) in [6.45, 7) is 3.57. The summed E-state index contributed by atoms with van der Waals surface area (Å²) in [6.07, 6.45) is 0. The van der Waals surface area contributed by atoms with Gasteiger partial charge in [-0.2, -0.15) is 5.10 Å². The van der Waals surface area contributed by atoms with Gasteiger partial charge in [-0.3, -0.25) is 9.59 Å². The fraction of sp³-hybridized carbons (Fsp3) is 0.100. The molecule has 0 fully saturated rings. The highest BCUT2D eigenvalue weighted by Gasteiger charge is 2.38. The maximum atomic E-state index is 14.6. The van der Waals surface area contributed by atoms with Crippen LogP contribution in [0, 0.1) is 19.7 Å². The van der Waals surface area contributed by atoms with Crippen molar-refractivity contribution in [3.05, 3.63) is 82.4 Å². The van der Waals surface area contributed by atoms with Crippen LogP contribution in [0.4, 0.5) is 4.39 Å². The number of hydrogen-bond donors (Lipinski definition) is 0. The topological polar surface area (TPSA) is 81.5 Å². The van der Waals surface area contributed by atoms with E-state index in [9.17, 15) is 18.8 Å². The first-order valence-electron chi connectivity index (χ1n) is 8.40. The average Bonchev–Trinajstić information content (AvgIpc) is 3.13. The molecule has 0 saturated carbocycles. The quantitative estimate of drug-likeness (QED) is 0.654. The Kier molecular flexibility index (Phi) is 4.03. The molecule has 1 aliphatic rings. The van der Waals surface area contributed by atoms with E-state index in [1.807, 2.05) is 0 Å². The van der Waals surface area contributed by atoms with Crippen molar-refractivity contribution in [3.8, 4) is 5.69 Å². The first kappa shape index (κ1) is 17.6. The number of carbonyl (C=O) groups excluding carboxylic acids is 3. The van der Waals surface area contributed by atoms with Gasteiger partial charge in [0.2, 0.25) is 0 Å². The first-order valence-corrected chi connectivity index (χ1v) is 8.40. The summed E-state index contributed by atoms with van der Waals surface area (Å²) in [5.41, 5.74) is 1.78. The molecule has 140 valence electrons. The second-order valence-corrected chi connectivity index (χ2v) is 6.33. The Bertz CT molecular complexity index is 1120. The van der Waals surface area contributed by atoms with E-state index in [1.54, 1.807) is 32.0 Å². The van der Waals surface area contributed by atoms with Crippen molar-refractivity contribution in [3.63, 3.8) is 0 Å². The third-order valence-corrected chi connectivity index (χ3v) is 4.35. The molecule has 0 aliphatic carbocycles. The number of aryl methyl sites for hydroxylation is 2. The molecule has 0 N–H and O–H groups in total. The second kappa shape index (κ2) is 6.41. The third kappa shape index (κ3) is 2.75. The molecular weight excluding hydrogens is 365 g/mol. The van der Waals surface area contributed by atoms with Crippen molar-refractivity contribution in [2.75, 3.05) is 0 Å². The Morgan fingerprint density at radius 3 is 2.18 bits per heavy atom. The van der Waals surface area contributed by atoms with Crippen molar-refractivity contribution in [2.24, 2.45) is 0 Å². The Morgan fingerprint density at radius 1 is 1.00 bits per heavy atom. The molecule has 1 aliphatic heterocycles. The molecule has 0 unspecified atom stereocenters. The van der Waals surface area contributed by atoms with Gasteiger partial charge in [-0.15, -0.1) is 0 Å². The predicted molar refractivity (Wildman–Crippen MR) is 95.4 cm³/mol. The van der Waals surface area contributed by atoms with Crippen LogP contribution in [0.3, 0.4) is 0 Å². The maximum Gasteiger partial charge on any atom is 0.364 e. The molecule has 2 heterocycles. The summed E-state index contributed by atoms with van der Waals surface area (Å²) in [5, 5.41) is 4.59. The van der Waals surface area contributed by atoms with E-state index in [4.69, 9.17) is 4.84 Å². The summed E-state index contributed by atoms with van der Waals surface area (Å²) in [7, 11) is 0. The zero-order valence-electron chi connectivity index (χ0n) is 15.0. The van der Waals surface area contributed by atoms with Crippen molar-refractivity contribution in [1.29, 1.82) is 0 Å². The van der Waals surface area contributed by atoms with Gasteiger partial charge in [0.15, 0.2) is 0 Å². The van der Waals surface area contributed by atoms with E-state index in [1.165, 1.54) is 28.9 Å². The molecule has 28 heavy (non-hydrogen) atoms. The van der Waals surface area contributed by atoms with Crippen LogP contribution in [-0.4, -0.2) is 32.6 Å². The molecule has 3 aromatic rings. The van der Waals surface area contributed by atoms with Gasteiger partial charge in [0, 0.05) is 5.69 Å². The number of fused-ring (bicyclic) bond motifs is 1. The van der Waals surface area contributed by atoms with Crippen LogP contribution in [0.1, 0.15) is 42.5 Å². The van der Waals surface area contributed by atoms with Gasteiger partial charge in [-0.25, -0.2) is 13.9 Å². The molecule has 0 radical (unpaired) electrons. The van der Waals surface area contributed by atoms with Gasteiger partial charge in [0.1, 0.15) is 11.5 Å². The fourth-order valence-electron chi connectivity index (χ4n) is 3.06. The average molecular weight is 379 g/mol. The fourth-order valence-corrected chi connectivity index (χ4v) is 3.06. The Hall–Kier alpha value is -3.81. The lowest BCUT2D eigenvalue weighted by atomic mass is 10.1. The van der Waals surface area contributed by atoms with Crippen molar-refractivity contribution in [1.82, 2.24) is 14.8 Å². The van der Waals surface area contributed by atoms with Gasteiger partial charge in [-0.05, 0) is 50.2 Å². The molecule has 2 amide bonds. The molecule has 0 bridgehead atoms. The number of imide groups is 1. The van der Waals surface area contributed by atoms with Crippen molar-refractivity contribution >= 4 is 17.8 Å². The lowest BCUT2D eigenvalue weighted by Gasteiger charge is -2.13. The van der Waals surface area contributed by atoms with E-state index in [-0.39, 0.29) is 22.4 Å². The number of halogens is 1. The van der Waals surface area contributed by atoms with Crippen LogP contribution in [0.15, 0.2) is 48.5 Å². The summed E-state index contributed by atoms with van der Waals surface area (Å²) in [4.78, 5) is 41.8. The number of amides is 2. The zero-order chi connectivity index (χ0) is 20.0. The Labute approximate surface area is 158 Å². The summed E-state index contributed by atoms with van der Waals surface area (Å²) < 4.78 is 16.0. The van der Waals surface area contributed by atoms with Gasteiger partial charge < -0.3 is 4.84 Å². The number of carbonyl (C=O) groups is 3. The highest BCUT2D eigenvalue weighted by molar-refractivity contribution is 6.21. The number of aromatic nitrogens is 2. The molecule has 1 aromatic heterocycles. The van der Waals surface area contributed by atoms with E-state index in [0.717, 1.165) is 17.5 Å². The van der Waals surface area contributed by atoms with Crippen LogP contribution < -0.4 is 0 Å². The molecule has 0 saturated heterocycles. The molecule has 0 atom stereocenters. The smallest absolute Gasteiger partial charge is 0.324 e. The van der Waals surface area contributed by atoms with E-state index >= 15 is 0 Å². The predicted octanol–water partition coefficient (Wildman–Crippen LogP) is 3.00. The van der Waals surface area contributed by atoms with Crippen LogP contribution in [0.25, 0.3) is 5.69 Å². The standard InChI is InChI=1S/C20H14FN3O4/c1-11-9-12(2)23(22-11)17-8-7-13(10-16(17)21)20(27)28-24-18(25)14-5-3-4-6-15(14)19(24)26/h3-10H,1-2H3. The SMILES string of the molecule is Cc1cc(C)n(-c2ccc(C(=O)ON3C(=O)c4ccccc4C3=O)cc2F)n1. The lowest BCUT2D eigenvalue weighted by Crippen LogP contribution is -2.32. The van der Waals surface area contributed by atoms with E-state index in [0.29, 0.717) is 5.06 Å². The molecule has 0 spiro atoms. The van der Waals surface area contributed by atoms with Gasteiger partial charge >= 0.3 is 5.97 Å². The van der Waals surface area contributed by atoms with Crippen LogP contribution >= 0.6 is 0 Å². The largest absolute Gasteiger partial charge is 0.364 e. The minimum absolute atomic E-state index is 0.140. The molecule has 4 rings (SSSR count). The molecular formula is C20H14FN3O4. The molecule has 2 aromatic carbocycles. The molecule has 8 heteroatoms. The van der Waals surface area contributed by atoms with E-state index < -0.39 is 23.6 Å². The monoisotopic (exact) mass is 379 g/mol. The highest BCUT2D eigenvalue weighted by Crippen LogP contribution is 2.24. The first-order chi connectivity index (χ1) is 13.4. The number of hydroxylamine groups is 2. The Balaban J connectivity index is 1.58. The summed E-state index contributed by atoms with van der Waals surface area (Å²) in [5.74, 6) is -3.20. The van der Waals surface area contributed by atoms with E-state index in [2.05, 4.69) is 5.10 Å². The zero-order valence-corrected chi connectivity index (χ0v) is 15.0. The number of rotatable bonds is 3. The van der Waals surface area contributed by atoms with Gasteiger partial charge in [0.25, 0.3) is 11.8 Å². The van der Waals surface area contributed by atoms with Gasteiger partial charge in [-0.1, -0.05) is 17.2 Å². The van der Waals surface area contributed by atoms with Crippen LogP contribution in [0.2, 0.25) is 0 Å². The number of hydrogen-bond acceptors (Lipinski definition) is 5. The second-order valence-electron chi connectivity index (χ2n) is 6.33. The van der Waals surface area contributed by atoms with Crippen molar-refractivity contribution in [2.45, 2.75) is 13.8 Å². The summed E-state index contributed by atoms with van der Waals surface area (Å²) in [6, 6.07) is 11.6. The lowest BCUT2D eigenvalue weighted by molar-refractivity contribution is -0.0584. The number of nitrogens with zero attached hydrogens (tertiary/aromatic N) is 3. The maximum absolute atomic E-state index is 14.6.